The zero-order valence-corrected chi connectivity index (χ0v) is 31.7. The zero-order chi connectivity index (χ0) is 36.6. The van der Waals surface area contributed by atoms with Gasteiger partial charge in [-0.1, -0.05) is 52.9 Å². The monoisotopic (exact) mass is 707 g/mol. The number of ether oxygens (including phenoxy) is 1. The van der Waals surface area contributed by atoms with Crippen LogP contribution in [0.1, 0.15) is 105 Å². The van der Waals surface area contributed by atoms with Crippen molar-refractivity contribution in [3.8, 4) is 0 Å². The number of amides is 4. The second-order valence-electron chi connectivity index (χ2n) is 15.6. The van der Waals surface area contributed by atoms with Gasteiger partial charge in [0.1, 0.15) is 18.1 Å². The lowest BCUT2D eigenvalue weighted by Gasteiger charge is -2.39. The van der Waals surface area contributed by atoms with Gasteiger partial charge in [0.05, 0.1) is 18.7 Å². The molecule has 3 rings (SSSR count). The van der Waals surface area contributed by atoms with Crippen molar-refractivity contribution < 1.29 is 23.9 Å². The van der Waals surface area contributed by atoms with Crippen molar-refractivity contribution in [1.82, 2.24) is 31.1 Å². The Kier molecular flexibility index (Phi) is 18.4. The molecule has 3 fully saturated rings. The van der Waals surface area contributed by atoms with Crippen LogP contribution in [0.5, 0.6) is 0 Å². The summed E-state index contributed by atoms with van der Waals surface area (Å²) in [6, 6.07) is -3.34. The Hall–Kier alpha value is -2.32. The number of likely N-dealkylation sites (N-methyl/N-ethyl adjacent to an activating group) is 1. The number of nitrogens with zero attached hydrogens (tertiary/aromatic N) is 2. The molecule has 0 aromatic rings. The zero-order valence-electron chi connectivity index (χ0n) is 31.7. The molecule has 0 bridgehead atoms. The Morgan fingerprint density at radius 2 is 1.62 bits per heavy atom. The van der Waals surface area contributed by atoms with Crippen LogP contribution in [0.2, 0.25) is 0 Å². The molecule has 0 aromatic carbocycles. The number of carbonyl (C=O) groups is 4. The minimum absolute atomic E-state index is 0.00525. The maximum atomic E-state index is 14.6. The van der Waals surface area contributed by atoms with Crippen molar-refractivity contribution in [1.29, 1.82) is 0 Å². The highest BCUT2D eigenvalue weighted by atomic mass is 16.5. The van der Waals surface area contributed by atoms with Gasteiger partial charge in [0, 0.05) is 45.9 Å². The van der Waals surface area contributed by atoms with Crippen LogP contribution in [0.4, 0.5) is 0 Å². The number of nitrogens with two attached hydrogens (primary N) is 2. The maximum absolute atomic E-state index is 14.6. The lowest BCUT2D eigenvalue weighted by atomic mass is 9.83. The minimum atomic E-state index is -0.989. The standard InChI is InChI=1S/C37H70N8O5/c1-6-7-14-31-37(49)44(5)32(19-25(2)3)35(47)43-33(28-12-9-8-10-13-28)36(48)42-30(20-39)34(46)41-29(24-50-18-11-17-38)21-40-26(4)22-45(31)23-27-15-16-27/h25-33,40H,6-24,38-39H2,1-5H3,(H,41,46)(H,42,48)(H,43,47)/t26-,29-,30+,31+,32+,33+/m1/s1. The van der Waals surface area contributed by atoms with E-state index in [2.05, 4.69) is 40.0 Å². The smallest absolute Gasteiger partial charge is 0.244 e. The number of hydrogen-bond acceptors (Lipinski definition) is 9. The molecule has 3 aliphatic rings. The first-order valence-electron chi connectivity index (χ1n) is 19.6. The van der Waals surface area contributed by atoms with Crippen molar-refractivity contribution in [2.75, 3.05) is 53.0 Å². The van der Waals surface area contributed by atoms with Crippen molar-refractivity contribution in [2.24, 2.45) is 29.2 Å². The Morgan fingerprint density at radius 3 is 2.24 bits per heavy atom. The average molecular weight is 707 g/mol. The molecule has 1 heterocycles. The van der Waals surface area contributed by atoms with Crippen LogP contribution < -0.4 is 32.7 Å². The van der Waals surface area contributed by atoms with Crippen LogP contribution in [0.15, 0.2) is 0 Å². The van der Waals surface area contributed by atoms with Gasteiger partial charge in [-0.25, -0.2) is 0 Å². The largest absolute Gasteiger partial charge is 0.379 e. The average Bonchev–Trinajstić information content (AvgIpc) is 3.92. The van der Waals surface area contributed by atoms with Crippen molar-refractivity contribution in [2.45, 2.75) is 141 Å². The van der Waals surface area contributed by atoms with Gasteiger partial charge in [0.15, 0.2) is 0 Å². The summed E-state index contributed by atoms with van der Waals surface area (Å²) in [5.74, 6) is -0.580. The number of nitrogens with one attached hydrogen (secondary N) is 4. The van der Waals surface area contributed by atoms with E-state index in [-0.39, 0.29) is 48.9 Å². The van der Waals surface area contributed by atoms with Crippen molar-refractivity contribution in [3.63, 3.8) is 0 Å². The van der Waals surface area contributed by atoms with Crippen LogP contribution in [-0.2, 0) is 23.9 Å². The van der Waals surface area contributed by atoms with Gasteiger partial charge < -0.3 is 42.4 Å². The molecule has 1 saturated heterocycles. The minimum Gasteiger partial charge on any atom is -0.379 e. The molecule has 0 radical (unpaired) electrons. The van der Waals surface area contributed by atoms with Crippen LogP contribution in [0.3, 0.4) is 0 Å². The lowest BCUT2D eigenvalue weighted by molar-refractivity contribution is -0.145. The summed E-state index contributed by atoms with van der Waals surface area (Å²) < 4.78 is 5.88. The van der Waals surface area contributed by atoms with Crippen LogP contribution in [0, 0.1) is 17.8 Å². The fourth-order valence-corrected chi connectivity index (χ4v) is 7.33. The normalized spacial score (nSPS) is 29.3. The van der Waals surface area contributed by atoms with E-state index < -0.39 is 36.0 Å². The van der Waals surface area contributed by atoms with E-state index in [9.17, 15) is 19.2 Å². The molecule has 2 aliphatic carbocycles. The molecule has 4 amide bonds. The Morgan fingerprint density at radius 1 is 0.900 bits per heavy atom. The maximum Gasteiger partial charge on any atom is 0.244 e. The van der Waals surface area contributed by atoms with Crippen molar-refractivity contribution >= 4 is 23.6 Å². The molecule has 0 unspecified atom stereocenters. The van der Waals surface area contributed by atoms with Crippen molar-refractivity contribution in [3.05, 3.63) is 0 Å². The first-order chi connectivity index (χ1) is 24.0. The molecular formula is C37H70N8O5. The second-order valence-corrected chi connectivity index (χ2v) is 15.6. The third kappa shape index (κ3) is 13.7. The summed E-state index contributed by atoms with van der Waals surface area (Å²) in [6.07, 6.45) is 10.6. The SMILES string of the molecule is CCCC[C@H]1C(=O)N(C)[C@@H](CC(C)C)C(=O)N[C@@H](C2CCCCC2)C(=O)N[C@@H](CN)C(=O)N[C@@H](COCCCN)CN[C@H](C)CN1CC1CC1. The number of carbonyl (C=O) groups excluding carboxylic acids is 4. The lowest BCUT2D eigenvalue weighted by Crippen LogP contribution is -2.62. The van der Waals surface area contributed by atoms with E-state index in [4.69, 9.17) is 16.2 Å². The van der Waals surface area contributed by atoms with Gasteiger partial charge in [-0.15, -0.1) is 0 Å². The van der Waals surface area contributed by atoms with Gasteiger partial charge in [-0.2, -0.15) is 0 Å². The fraction of sp³-hybridized carbons (Fsp3) is 0.892. The highest BCUT2D eigenvalue weighted by Gasteiger charge is 2.40. The number of rotatable bonds is 14. The summed E-state index contributed by atoms with van der Waals surface area (Å²) in [6.45, 7) is 11.4. The van der Waals surface area contributed by atoms with E-state index in [1.54, 1.807) is 11.9 Å². The summed E-state index contributed by atoms with van der Waals surface area (Å²) >= 11 is 0. The van der Waals surface area contributed by atoms with Crippen LogP contribution >= 0.6 is 0 Å². The molecule has 2 saturated carbocycles. The summed E-state index contributed by atoms with van der Waals surface area (Å²) in [7, 11) is 1.75. The molecular weight excluding hydrogens is 636 g/mol. The van der Waals surface area contributed by atoms with Gasteiger partial charge in [0.2, 0.25) is 23.6 Å². The Bertz CT molecular complexity index is 1050. The first-order valence-corrected chi connectivity index (χ1v) is 19.6. The highest BCUT2D eigenvalue weighted by Crippen LogP contribution is 2.32. The molecule has 13 nitrogen and oxygen atoms in total. The molecule has 13 heteroatoms. The number of unbranched alkanes of at least 4 members (excludes halogenated alkanes) is 1. The highest BCUT2D eigenvalue weighted by molar-refractivity contribution is 5.95. The fourth-order valence-electron chi connectivity index (χ4n) is 7.33. The molecule has 0 aromatic heterocycles. The third-order valence-electron chi connectivity index (χ3n) is 10.5. The molecule has 50 heavy (non-hydrogen) atoms. The first kappa shape index (κ1) is 42.1. The van der Waals surface area contributed by atoms with E-state index in [1.807, 2.05) is 13.8 Å². The van der Waals surface area contributed by atoms with E-state index in [1.165, 1.54) is 0 Å². The van der Waals surface area contributed by atoms with E-state index in [0.29, 0.717) is 51.4 Å². The van der Waals surface area contributed by atoms with E-state index >= 15 is 0 Å². The summed E-state index contributed by atoms with van der Waals surface area (Å²) in [5.41, 5.74) is 11.7. The van der Waals surface area contributed by atoms with Gasteiger partial charge >= 0.3 is 0 Å². The number of hydrogen-bond donors (Lipinski definition) is 6. The van der Waals surface area contributed by atoms with Gasteiger partial charge in [0.25, 0.3) is 0 Å². The quantitative estimate of drug-likeness (QED) is 0.146. The topological polar surface area (TPSA) is 184 Å². The van der Waals surface area contributed by atoms with Crippen LogP contribution in [0.25, 0.3) is 0 Å². The molecule has 8 N–H and O–H groups in total. The van der Waals surface area contributed by atoms with Gasteiger partial charge in [-0.05, 0) is 76.2 Å². The molecule has 6 atom stereocenters. The van der Waals surface area contributed by atoms with Crippen LogP contribution in [-0.4, -0.2) is 123 Å². The van der Waals surface area contributed by atoms with Gasteiger partial charge in [-0.3, -0.25) is 24.1 Å². The second kappa shape index (κ2) is 21.9. The molecule has 1 aliphatic heterocycles. The predicted octanol–water partition coefficient (Wildman–Crippen LogP) is 1.48. The predicted molar refractivity (Wildman–Crippen MR) is 197 cm³/mol. The molecule has 288 valence electrons. The third-order valence-corrected chi connectivity index (χ3v) is 10.5. The van der Waals surface area contributed by atoms with E-state index in [0.717, 1.165) is 64.3 Å². The summed E-state index contributed by atoms with van der Waals surface area (Å²) in [4.78, 5) is 60.6. The molecule has 0 spiro atoms. The Balaban J connectivity index is 2.02. The summed E-state index contributed by atoms with van der Waals surface area (Å²) in [5, 5.41) is 12.6. The Labute approximate surface area is 301 Å².